The lowest BCUT2D eigenvalue weighted by Crippen LogP contribution is -2.18. The summed E-state index contributed by atoms with van der Waals surface area (Å²) in [7, 11) is 0. The first-order chi connectivity index (χ1) is 12.3. The summed E-state index contributed by atoms with van der Waals surface area (Å²) in [4.78, 5) is 36.0. The van der Waals surface area contributed by atoms with Crippen molar-refractivity contribution < 1.29 is 19.2 Å². The van der Waals surface area contributed by atoms with E-state index in [-0.39, 0.29) is 17.7 Å². The first-order valence-electron chi connectivity index (χ1n) is 7.50. The van der Waals surface area contributed by atoms with Gasteiger partial charge < -0.3 is 21.2 Å². The summed E-state index contributed by atoms with van der Waals surface area (Å²) >= 11 is 0. The van der Waals surface area contributed by atoms with Crippen LogP contribution in [0.4, 0.5) is 5.69 Å². The number of carbonyl (C=O) groups excluding carboxylic acids is 2. The minimum Gasteiger partial charge on any atom is -0.457 e. The number of nitro groups is 1. The van der Waals surface area contributed by atoms with Gasteiger partial charge in [0.2, 0.25) is 5.91 Å². The van der Waals surface area contributed by atoms with Crippen molar-refractivity contribution >= 4 is 28.4 Å². The van der Waals surface area contributed by atoms with E-state index < -0.39 is 16.7 Å². The summed E-state index contributed by atoms with van der Waals surface area (Å²) in [6, 6.07) is 10.5. The number of carbonyl (C=O) groups is 2. The second kappa shape index (κ2) is 6.55. The van der Waals surface area contributed by atoms with Crippen LogP contribution in [0.5, 0.6) is 11.5 Å². The normalized spacial score (nSPS) is 10.6. The standard InChI is InChI=1S/C17H14N4O5/c18-15(22)8-14-16(17(19)23)12-6-5-11(7-13(12)20-14)26-10-3-1-9(2-4-10)21(24)25/h1-7,20H,8H2,(H2,18,22)(H2,19,23). The molecule has 0 aliphatic heterocycles. The van der Waals surface area contributed by atoms with Crippen molar-refractivity contribution in [2.75, 3.05) is 0 Å². The third-order valence-corrected chi connectivity index (χ3v) is 3.73. The fourth-order valence-electron chi connectivity index (χ4n) is 2.66. The number of aromatic amines is 1. The van der Waals surface area contributed by atoms with E-state index in [0.717, 1.165) is 0 Å². The van der Waals surface area contributed by atoms with Crippen LogP contribution in [0.3, 0.4) is 0 Å². The molecule has 0 unspecified atom stereocenters. The predicted molar refractivity (Wildman–Crippen MR) is 92.9 cm³/mol. The molecule has 0 atom stereocenters. The zero-order valence-electron chi connectivity index (χ0n) is 13.4. The highest BCUT2D eigenvalue weighted by Gasteiger charge is 2.18. The van der Waals surface area contributed by atoms with E-state index in [1.54, 1.807) is 18.2 Å². The average molecular weight is 354 g/mol. The highest BCUT2D eigenvalue weighted by molar-refractivity contribution is 6.08. The van der Waals surface area contributed by atoms with Gasteiger partial charge in [-0.1, -0.05) is 0 Å². The summed E-state index contributed by atoms with van der Waals surface area (Å²) in [6.07, 6.45) is -0.147. The monoisotopic (exact) mass is 354 g/mol. The molecule has 0 aliphatic rings. The number of fused-ring (bicyclic) bond motifs is 1. The lowest BCUT2D eigenvalue weighted by atomic mass is 10.1. The summed E-state index contributed by atoms with van der Waals surface area (Å²) in [5, 5.41) is 11.2. The molecule has 1 heterocycles. The van der Waals surface area contributed by atoms with Gasteiger partial charge in [-0.25, -0.2) is 0 Å². The van der Waals surface area contributed by atoms with E-state index in [4.69, 9.17) is 16.2 Å². The third-order valence-electron chi connectivity index (χ3n) is 3.73. The van der Waals surface area contributed by atoms with Gasteiger partial charge in [-0.2, -0.15) is 0 Å². The van der Waals surface area contributed by atoms with Crippen molar-refractivity contribution in [2.45, 2.75) is 6.42 Å². The smallest absolute Gasteiger partial charge is 0.269 e. The Bertz CT molecular complexity index is 1020. The number of rotatable bonds is 6. The van der Waals surface area contributed by atoms with Gasteiger partial charge in [-0.15, -0.1) is 0 Å². The fraction of sp³-hybridized carbons (Fsp3) is 0.0588. The van der Waals surface area contributed by atoms with Crippen LogP contribution in [0.25, 0.3) is 10.9 Å². The largest absolute Gasteiger partial charge is 0.457 e. The number of ether oxygens (including phenoxy) is 1. The number of benzene rings is 2. The summed E-state index contributed by atoms with van der Waals surface area (Å²) in [5.74, 6) is -0.416. The quantitative estimate of drug-likeness (QED) is 0.456. The second-order valence-electron chi connectivity index (χ2n) is 5.55. The first-order valence-corrected chi connectivity index (χ1v) is 7.50. The minimum absolute atomic E-state index is 0.0423. The van der Waals surface area contributed by atoms with Crippen LogP contribution in [0, 0.1) is 10.1 Å². The summed E-state index contributed by atoms with van der Waals surface area (Å²) in [6.45, 7) is 0. The molecule has 132 valence electrons. The van der Waals surface area contributed by atoms with Crippen LogP contribution in [-0.2, 0) is 11.2 Å². The van der Waals surface area contributed by atoms with Crippen LogP contribution >= 0.6 is 0 Å². The van der Waals surface area contributed by atoms with Crippen molar-refractivity contribution in [3.63, 3.8) is 0 Å². The van der Waals surface area contributed by atoms with Gasteiger partial charge in [-0.05, 0) is 24.3 Å². The van der Waals surface area contributed by atoms with Crippen LogP contribution in [0.2, 0.25) is 0 Å². The first kappa shape index (κ1) is 17.0. The maximum Gasteiger partial charge on any atom is 0.269 e. The topological polar surface area (TPSA) is 154 Å². The second-order valence-corrected chi connectivity index (χ2v) is 5.55. The lowest BCUT2D eigenvalue weighted by molar-refractivity contribution is -0.384. The van der Waals surface area contributed by atoms with E-state index in [1.165, 1.54) is 24.3 Å². The van der Waals surface area contributed by atoms with Crippen molar-refractivity contribution in [3.05, 3.63) is 63.8 Å². The third kappa shape index (κ3) is 3.31. The Labute approximate surface area is 146 Å². The van der Waals surface area contributed by atoms with E-state index in [9.17, 15) is 19.7 Å². The molecule has 1 aromatic heterocycles. The number of nitrogens with zero attached hydrogens (tertiary/aromatic N) is 1. The zero-order valence-corrected chi connectivity index (χ0v) is 13.4. The Morgan fingerprint density at radius 3 is 2.31 bits per heavy atom. The molecular formula is C17H14N4O5. The number of hydrogen-bond acceptors (Lipinski definition) is 5. The van der Waals surface area contributed by atoms with E-state index >= 15 is 0 Å². The van der Waals surface area contributed by atoms with Gasteiger partial charge in [0.15, 0.2) is 0 Å². The number of amides is 2. The van der Waals surface area contributed by atoms with Gasteiger partial charge >= 0.3 is 0 Å². The zero-order chi connectivity index (χ0) is 18.8. The molecule has 5 N–H and O–H groups in total. The molecule has 2 amide bonds. The maximum absolute atomic E-state index is 11.7. The lowest BCUT2D eigenvalue weighted by Gasteiger charge is -2.05. The molecule has 0 radical (unpaired) electrons. The van der Waals surface area contributed by atoms with E-state index in [0.29, 0.717) is 28.1 Å². The number of aromatic nitrogens is 1. The van der Waals surface area contributed by atoms with Crippen molar-refractivity contribution in [2.24, 2.45) is 11.5 Å². The Hall–Kier alpha value is -3.88. The molecule has 3 aromatic rings. The fourth-order valence-corrected chi connectivity index (χ4v) is 2.66. The molecule has 3 rings (SSSR count). The Balaban J connectivity index is 1.94. The average Bonchev–Trinajstić information content (AvgIpc) is 2.91. The number of nitrogens with one attached hydrogen (secondary N) is 1. The van der Waals surface area contributed by atoms with Gasteiger partial charge in [-0.3, -0.25) is 19.7 Å². The number of nitro benzene ring substituents is 1. The van der Waals surface area contributed by atoms with Gasteiger partial charge in [0.1, 0.15) is 11.5 Å². The SMILES string of the molecule is NC(=O)Cc1[nH]c2cc(Oc3ccc([N+](=O)[O-])cc3)ccc2c1C(N)=O. The van der Waals surface area contributed by atoms with E-state index in [1.807, 2.05) is 0 Å². The molecule has 0 saturated heterocycles. The number of nitrogens with two attached hydrogens (primary N) is 2. The number of H-pyrrole nitrogens is 1. The highest BCUT2D eigenvalue weighted by atomic mass is 16.6. The van der Waals surface area contributed by atoms with E-state index in [2.05, 4.69) is 4.98 Å². The van der Waals surface area contributed by atoms with Gasteiger partial charge in [0.25, 0.3) is 11.6 Å². The highest BCUT2D eigenvalue weighted by Crippen LogP contribution is 2.29. The molecule has 0 aliphatic carbocycles. The maximum atomic E-state index is 11.7. The van der Waals surface area contributed by atoms with Crippen molar-refractivity contribution in [1.29, 1.82) is 0 Å². The number of non-ortho nitro benzene ring substituents is 1. The van der Waals surface area contributed by atoms with Gasteiger partial charge in [0.05, 0.1) is 22.4 Å². The predicted octanol–water partition coefficient (Wildman–Crippen LogP) is 2.00. The summed E-state index contributed by atoms with van der Waals surface area (Å²) in [5.41, 5.74) is 11.7. The molecule has 26 heavy (non-hydrogen) atoms. The molecule has 2 aromatic carbocycles. The van der Waals surface area contributed by atoms with Crippen molar-refractivity contribution in [3.8, 4) is 11.5 Å². The molecule has 0 spiro atoms. The number of primary amides is 2. The molecule has 0 bridgehead atoms. The molecule has 0 fully saturated rings. The minimum atomic E-state index is -0.670. The molecular weight excluding hydrogens is 340 g/mol. The van der Waals surface area contributed by atoms with Gasteiger partial charge in [0, 0.05) is 29.3 Å². The van der Waals surface area contributed by atoms with Crippen LogP contribution in [0.15, 0.2) is 42.5 Å². The van der Waals surface area contributed by atoms with Crippen LogP contribution < -0.4 is 16.2 Å². The number of hydrogen-bond donors (Lipinski definition) is 3. The Kier molecular flexibility index (Phi) is 4.27. The Morgan fingerprint density at radius 2 is 1.73 bits per heavy atom. The summed E-state index contributed by atoms with van der Waals surface area (Å²) < 4.78 is 5.66. The molecule has 0 saturated carbocycles. The Morgan fingerprint density at radius 1 is 1.08 bits per heavy atom. The van der Waals surface area contributed by atoms with Crippen LogP contribution in [0.1, 0.15) is 16.1 Å². The van der Waals surface area contributed by atoms with Crippen molar-refractivity contribution in [1.82, 2.24) is 4.98 Å². The van der Waals surface area contributed by atoms with Crippen LogP contribution in [-0.4, -0.2) is 21.7 Å². The molecule has 9 nitrogen and oxygen atoms in total. The molecule has 9 heteroatoms.